The molecule has 0 saturated carbocycles. The van der Waals surface area contributed by atoms with E-state index in [4.69, 9.17) is 0 Å². The number of rotatable bonds is 6. The van der Waals surface area contributed by atoms with Crippen LogP contribution in [0.15, 0.2) is 70.4 Å². The monoisotopic (exact) mass is 426 g/mol. The summed E-state index contributed by atoms with van der Waals surface area (Å²) < 4.78 is 29.8. The van der Waals surface area contributed by atoms with Crippen LogP contribution in [0.4, 0.5) is 0 Å². The van der Waals surface area contributed by atoms with Crippen molar-refractivity contribution in [3.63, 3.8) is 0 Å². The van der Waals surface area contributed by atoms with Gasteiger partial charge in [-0.3, -0.25) is 4.79 Å². The smallest absolute Gasteiger partial charge is 0.266 e. The van der Waals surface area contributed by atoms with Crippen LogP contribution in [-0.4, -0.2) is 29.7 Å². The Morgan fingerprint density at radius 3 is 2.66 bits per heavy atom. The summed E-state index contributed by atoms with van der Waals surface area (Å²) >= 11 is 1.45. The Kier molecular flexibility index (Phi) is 5.27. The normalized spacial score (nSPS) is 11.8. The van der Waals surface area contributed by atoms with Crippen LogP contribution in [0.2, 0.25) is 0 Å². The number of sulfonamides is 1. The summed E-state index contributed by atoms with van der Waals surface area (Å²) in [6, 6.07) is 17.4. The highest BCUT2D eigenvalue weighted by Gasteiger charge is 2.15. The third-order valence-corrected chi connectivity index (χ3v) is 6.72. The standard InChI is InChI=1S/C20H18N4O3S2/c1-14-22-18-8-7-16(13-19(18)28-14)29(26,27)21-11-12-24-20(25)10-9-17(23-24)15-5-3-2-4-6-15/h2-10,13,21H,11-12H2,1H3. The molecular formula is C20H18N4O3S2. The van der Waals surface area contributed by atoms with Crippen LogP contribution >= 0.6 is 11.3 Å². The zero-order chi connectivity index (χ0) is 20.4. The fourth-order valence-corrected chi connectivity index (χ4v) is 4.92. The highest BCUT2D eigenvalue weighted by Crippen LogP contribution is 2.24. The molecule has 1 N–H and O–H groups in total. The molecule has 0 aliphatic carbocycles. The van der Waals surface area contributed by atoms with Gasteiger partial charge in [-0.1, -0.05) is 30.3 Å². The van der Waals surface area contributed by atoms with E-state index in [1.54, 1.807) is 18.2 Å². The third kappa shape index (κ3) is 4.26. The molecular weight excluding hydrogens is 408 g/mol. The molecule has 4 rings (SSSR count). The quantitative estimate of drug-likeness (QED) is 0.512. The highest BCUT2D eigenvalue weighted by atomic mass is 32.2. The van der Waals surface area contributed by atoms with Gasteiger partial charge in [0, 0.05) is 18.2 Å². The Morgan fingerprint density at radius 1 is 1.07 bits per heavy atom. The molecule has 0 aliphatic rings. The molecule has 2 aromatic heterocycles. The minimum Gasteiger partial charge on any atom is -0.268 e. The molecule has 148 valence electrons. The van der Waals surface area contributed by atoms with Crippen LogP contribution in [0.3, 0.4) is 0 Å². The largest absolute Gasteiger partial charge is 0.268 e. The maximum Gasteiger partial charge on any atom is 0.266 e. The van der Waals surface area contributed by atoms with Crippen LogP contribution < -0.4 is 10.3 Å². The molecule has 0 fully saturated rings. The van der Waals surface area contributed by atoms with Crippen molar-refractivity contribution in [3.05, 3.63) is 76.0 Å². The van der Waals surface area contributed by atoms with E-state index in [2.05, 4.69) is 14.8 Å². The molecule has 0 radical (unpaired) electrons. The first kappa shape index (κ1) is 19.4. The highest BCUT2D eigenvalue weighted by molar-refractivity contribution is 7.89. The van der Waals surface area contributed by atoms with Crippen molar-refractivity contribution in [1.82, 2.24) is 19.5 Å². The average Bonchev–Trinajstić information content (AvgIpc) is 3.09. The summed E-state index contributed by atoms with van der Waals surface area (Å²) in [5.74, 6) is 0. The lowest BCUT2D eigenvalue weighted by Crippen LogP contribution is -2.32. The second kappa shape index (κ2) is 7.86. The first-order chi connectivity index (χ1) is 13.9. The van der Waals surface area contributed by atoms with Crippen LogP contribution in [0.25, 0.3) is 21.5 Å². The summed E-state index contributed by atoms with van der Waals surface area (Å²) in [7, 11) is -3.70. The average molecular weight is 427 g/mol. The van der Waals surface area contributed by atoms with Gasteiger partial charge in [-0.25, -0.2) is 22.8 Å². The Hall–Kier alpha value is -2.88. The van der Waals surface area contributed by atoms with Gasteiger partial charge in [0.15, 0.2) is 0 Å². The van der Waals surface area contributed by atoms with Gasteiger partial charge < -0.3 is 0 Å². The van der Waals surface area contributed by atoms with Gasteiger partial charge in [0.25, 0.3) is 5.56 Å². The van der Waals surface area contributed by atoms with E-state index in [0.717, 1.165) is 20.8 Å². The molecule has 0 unspecified atom stereocenters. The topological polar surface area (TPSA) is 93.9 Å². The molecule has 4 aromatic rings. The minimum atomic E-state index is -3.70. The Balaban J connectivity index is 1.49. The first-order valence-electron chi connectivity index (χ1n) is 8.93. The van der Waals surface area contributed by atoms with Crippen molar-refractivity contribution < 1.29 is 8.42 Å². The molecule has 7 nitrogen and oxygen atoms in total. The van der Waals surface area contributed by atoms with E-state index in [9.17, 15) is 13.2 Å². The van der Waals surface area contributed by atoms with Gasteiger partial charge in [-0.05, 0) is 31.2 Å². The van der Waals surface area contributed by atoms with Crippen LogP contribution in [0.1, 0.15) is 5.01 Å². The van der Waals surface area contributed by atoms with Crippen molar-refractivity contribution in [2.75, 3.05) is 6.54 Å². The Bertz CT molecular complexity index is 1330. The van der Waals surface area contributed by atoms with E-state index in [0.29, 0.717) is 5.69 Å². The molecule has 0 saturated heterocycles. The summed E-state index contributed by atoms with van der Waals surface area (Å²) in [6.07, 6.45) is 0. The maximum absolute atomic E-state index is 12.6. The van der Waals surface area contributed by atoms with Crippen molar-refractivity contribution in [1.29, 1.82) is 0 Å². The SMILES string of the molecule is Cc1nc2ccc(S(=O)(=O)NCCn3nc(-c4ccccc4)ccc3=O)cc2s1. The molecule has 0 aliphatic heterocycles. The van der Waals surface area contributed by atoms with Gasteiger partial charge in [-0.15, -0.1) is 11.3 Å². The zero-order valence-corrected chi connectivity index (χ0v) is 17.2. The second-order valence-electron chi connectivity index (χ2n) is 6.41. The van der Waals surface area contributed by atoms with Crippen LogP contribution in [0, 0.1) is 6.92 Å². The number of thiazole rings is 1. The second-order valence-corrected chi connectivity index (χ2v) is 9.41. The minimum absolute atomic E-state index is 0.0488. The fourth-order valence-electron chi connectivity index (χ4n) is 2.93. The zero-order valence-electron chi connectivity index (χ0n) is 15.6. The lowest BCUT2D eigenvalue weighted by atomic mass is 10.1. The Labute approximate surface area is 171 Å². The number of aryl methyl sites for hydroxylation is 1. The fraction of sp³-hybridized carbons (Fsp3) is 0.150. The number of hydrogen-bond donors (Lipinski definition) is 1. The van der Waals surface area contributed by atoms with Crippen molar-refractivity contribution >= 4 is 31.6 Å². The number of nitrogens with zero attached hydrogens (tertiary/aromatic N) is 3. The number of benzene rings is 2. The molecule has 0 amide bonds. The number of hydrogen-bond acceptors (Lipinski definition) is 6. The molecule has 2 heterocycles. The van der Waals surface area contributed by atoms with E-state index < -0.39 is 10.0 Å². The van der Waals surface area contributed by atoms with E-state index in [-0.39, 0.29) is 23.5 Å². The van der Waals surface area contributed by atoms with Gasteiger partial charge in [0.05, 0.1) is 32.4 Å². The first-order valence-corrected chi connectivity index (χ1v) is 11.2. The molecule has 0 bridgehead atoms. The molecule has 2 aromatic carbocycles. The van der Waals surface area contributed by atoms with Crippen molar-refractivity contribution in [2.24, 2.45) is 0 Å². The molecule has 0 atom stereocenters. The molecule has 0 spiro atoms. The van der Waals surface area contributed by atoms with Gasteiger partial charge >= 0.3 is 0 Å². The van der Waals surface area contributed by atoms with Crippen LogP contribution in [-0.2, 0) is 16.6 Å². The lowest BCUT2D eigenvalue weighted by Gasteiger charge is -2.09. The van der Waals surface area contributed by atoms with Gasteiger partial charge in [-0.2, -0.15) is 5.10 Å². The summed E-state index contributed by atoms with van der Waals surface area (Å²) in [6.45, 7) is 2.05. The van der Waals surface area contributed by atoms with Gasteiger partial charge in [0.1, 0.15) is 0 Å². The molecule has 29 heavy (non-hydrogen) atoms. The van der Waals surface area contributed by atoms with E-state index in [1.165, 1.54) is 28.2 Å². The van der Waals surface area contributed by atoms with Gasteiger partial charge in [0.2, 0.25) is 10.0 Å². The lowest BCUT2D eigenvalue weighted by molar-refractivity contribution is 0.549. The maximum atomic E-state index is 12.6. The summed E-state index contributed by atoms with van der Waals surface area (Å²) in [5.41, 5.74) is 2.03. The number of nitrogens with one attached hydrogen (secondary N) is 1. The van der Waals surface area contributed by atoms with E-state index in [1.807, 2.05) is 37.3 Å². The predicted octanol–water partition coefficient (Wildman–Crippen LogP) is 2.81. The van der Waals surface area contributed by atoms with Crippen LogP contribution in [0.5, 0.6) is 0 Å². The van der Waals surface area contributed by atoms with Crippen molar-refractivity contribution in [2.45, 2.75) is 18.4 Å². The van der Waals surface area contributed by atoms with Crippen molar-refractivity contribution in [3.8, 4) is 11.3 Å². The number of fused-ring (bicyclic) bond motifs is 1. The van der Waals surface area contributed by atoms with E-state index >= 15 is 0 Å². The summed E-state index contributed by atoms with van der Waals surface area (Å²) in [4.78, 5) is 16.6. The third-order valence-electron chi connectivity index (χ3n) is 4.33. The molecule has 9 heteroatoms. The number of aromatic nitrogens is 3. The Morgan fingerprint density at radius 2 is 1.86 bits per heavy atom. The predicted molar refractivity (Wildman–Crippen MR) is 113 cm³/mol. The summed E-state index contributed by atoms with van der Waals surface area (Å²) in [5, 5.41) is 5.22.